The van der Waals surface area contributed by atoms with Gasteiger partial charge in [-0.3, -0.25) is 24.0 Å². The zero-order valence-corrected chi connectivity index (χ0v) is 37.8. The van der Waals surface area contributed by atoms with Crippen molar-refractivity contribution in [3.8, 4) is 0 Å². The van der Waals surface area contributed by atoms with Gasteiger partial charge in [0.2, 0.25) is 5.91 Å². The molecule has 62 heavy (non-hydrogen) atoms. The minimum Gasteiger partial charge on any atom is -0.450 e. The predicted molar refractivity (Wildman–Crippen MR) is 238 cm³/mol. The Morgan fingerprint density at radius 2 is 1.60 bits per heavy atom. The van der Waals surface area contributed by atoms with Crippen molar-refractivity contribution in [2.45, 2.75) is 144 Å². The molecule has 2 N–H and O–H groups in total. The van der Waals surface area contributed by atoms with Gasteiger partial charge in [0.25, 0.3) is 11.8 Å². The van der Waals surface area contributed by atoms with Crippen molar-refractivity contribution in [2.24, 2.45) is 21.8 Å². The van der Waals surface area contributed by atoms with E-state index in [0.29, 0.717) is 85.9 Å². The van der Waals surface area contributed by atoms with E-state index in [2.05, 4.69) is 20.6 Å². The molecule has 5 amide bonds. The van der Waals surface area contributed by atoms with Crippen molar-refractivity contribution < 1.29 is 43.0 Å². The molecular weight excluding hydrogens is 791 g/mol. The highest BCUT2D eigenvalue weighted by Gasteiger charge is 2.37. The number of aliphatic imine (C=N–C) groups is 2. The van der Waals surface area contributed by atoms with Crippen LogP contribution in [0.1, 0.15) is 125 Å². The number of ether oxygens (including phenoxy) is 2. The number of likely N-dealkylation sites (tertiary alicyclic amines) is 1. The lowest BCUT2D eigenvalue weighted by molar-refractivity contribution is -0.139. The average Bonchev–Trinajstić information content (AvgIpc) is 3.89. The number of unbranched alkanes of at least 4 members (excludes halogenated alkanes) is 1. The molecule has 0 aromatic heterocycles. The topological polar surface area (TPSA) is 190 Å². The van der Waals surface area contributed by atoms with Gasteiger partial charge in [-0.25, -0.2) is 14.6 Å². The normalized spacial score (nSPS) is 18.1. The van der Waals surface area contributed by atoms with Crippen LogP contribution in [0.15, 0.2) is 74.8 Å². The average molecular weight is 856 g/mol. The molecule has 4 rings (SSSR count). The summed E-state index contributed by atoms with van der Waals surface area (Å²) in [7, 11) is 0. The third-order valence-corrected chi connectivity index (χ3v) is 10.8. The number of amides is 5. The monoisotopic (exact) mass is 855 g/mol. The highest BCUT2D eigenvalue weighted by Crippen LogP contribution is 2.28. The number of benzene rings is 1. The quantitative estimate of drug-likeness (QED) is 0.0804. The first-order chi connectivity index (χ1) is 29.3. The van der Waals surface area contributed by atoms with E-state index in [0.717, 1.165) is 18.4 Å². The van der Waals surface area contributed by atoms with Crippen LogP contribution in [-0.2, 0) is 39.9 Å². The van der Waals surface area contributed by atoms with E-state index in [1.165, 1.54) is 0 Å². The number of hydrogen-bond acceptors (Lipinski definition) is 9. The van der Waals surface area contributed by atoms with Crippen molar-refractivity contribution in [1.29, 1.82) is 0 Å². The first-order valence-corrected chi connectivity index (χ1v) is 22.0. The first kappa shape index (κ1) is 49.1. The van der Waals surface area contributed by atoms with Crippen LogP contribution in [0.4, 0.5) is 9.59 Å². The molecule has 1 aromatic rings. The molecule has 1 aliphatic heterocycles. The summed E-state index contributed by atoms with van der Waals surface area (Å²) >= 11 is 0. The summed E-state index contributed by atoms with van der Waals surface area (Å²) in [5.74, 6) is -2.02. The van der Waals surface area contributed by atoms with E-state index in [9.17, 15) is 33.6 Å². The molecule has 14 nitrogen and oxygen atoms in total. The molecule has 2 aliphatic carbocycles. The highest BCUT2D eigenvalue weighted by molar-refractivity contribution is 6.40. The van der Waals surface area contributed by atoms with Gasteiger partial charge in [-0.05, 0) is 130 Å². The van der Waals surface area contributed by atoms with Crippen LogP contribution in [0.25, 0.3) is 0 Å². The molecule has 2 fully saturated rings. The smallest absolute Gasteiger partial charge is 0.434 e. The molecule has 336 valence electrons. The van der Waals surface area contributed by atoms with Crippen molar-refractivity contribution in [3.63, 3.8) is 0 Å². The largest absolute Gasteiger partial charge is 0.450 e. The Balaban J connectivity index is 1.38. The Kier molecular flexibility index (Phi) is 18.3. The fourth-order valence-corrected chi connectivity index (χ4v) is 7.26. The zero-order chi connectivity index (χ0) is 45.6. The highest BCUT2D eigenvalue weighted by atomic mass is 16.6. The van der Waals surface area contributed by atoms with Crippen LogP contribution in [-0.4, -0.2) is 95.2 Å². The van der Waals surface area contributed by atoms with E-state index in [4.69, 9.17) is 9.47 Å². The van der Waals surface area contributed by atoms with Crippen molar-refractivity contribution in [3.05, 3.63) is 70.3 Å². The summed E-state index contributed by atoms with van der Waals surface area (Å²) < 4.78 is 10.7. The fourth-order valence-electron chi connectivity index (χ4n) is 7.26. The van der Waals surface area contributed by atoms with E-state index in [1.807, 2.05) is 44.2 Å². The Morgan fingerprint density at radius 1 is 0.903 bits per heavy atom. The zero-order valence-electron chi connectivity index (χ0n) is 37.8. The summed E-state index contributed by atoms with van der Waals surface area (Å²) in [5.41, 5.74) is 2.57. The van der Waals surface area contributed by atoms with Gasteiger partial charge in [0.15, 0.2) is 11.6 Å². The number of nitrogens with zero attached hydrogens (tertiary/aromatic N) is 3. The second-order valence-corrected chi connectivity index (χ2v) is 17.8. The summed E-state index contributed by atoms with van der Waals surface area (Å²) in [5, 5.41) is 5.62. The second-order valence-electron chi connectivity index (χ2n) is 17.8. The lowest BCUT2D eigenvalue weighted by Gasteiger charge is -2.26. The Labute approximate surface area is 366 Å². The second kappa shape index (κ2) is 23.1. The first-order valence-electron chi connectivity index (χ1n) is 22.0. The minimum absolute atomic E-state index is 0.0373. The number of rotatable bonds is 19. The number of nitrogens with one attached hydrogen (secondary N) is 2. The number of allylic oxidation sites excluding steroid dienone is 5. The van der Waals surface area contributed by atoms with Gasteiger partial charge in [0.05, 0.1) is 12.5 Å². The maximum absolute atomic E-state index is 14.4. The van der Waals surface area contributed by atoms with Crippen LogP contribution >= 0.6 is 0 Å². The maximum Gasteiger partial charge on any atom is 0.434 e. The molecule has 14 heteroatoms. The predicted octanol–water partition coefficient (Wildman–Crippen LogP) is 7.54. The standard InChI is InChI=1S/C48H65N5O9/c1-30(2)28-37(51-47(60)62-48(6,7)8)22-21-35(29-34-16-10-9-11-17-34)45(58)53-26-14-20-40(53)44(57)52-39(43(56)50-36-23-24-36)19-12-13-25-49-46(59)61-27-15-18-38-33(5)41(54)31(3)32(4)42(38)55/h9-11,16-17,21-22,30,35-36,40H,12-15,18-20,23-29H2,1-8H3,(H,49,59)(H,50,56)/b22-21+,51-37+,52-39+/t35-,40+/m1/s1. The molecule has 3 aliphatic rings. The van der Waals surface area contributed by atoms with Gasteiger partial charge in [0, 0.05) is 47.1 Å². The minimum atomic E-state index is -0.846. The maximum atomic E-state index is 14.4. The van der Waals surface area contributed by atoms with E-state index in [1.54, 1.807) is 58.6 Å². The van der Waals surface area contributed by atoms with Crippen molar-refractivity contribution >= 4 is 52.9 Å². The molecule has 0 bridgehead atoms. The van der Waals surface area contributed by atoms with E-state index in [-0.39, 0.29) is 54.7 Å². The van der Waals surface area contributed by atoms with Crippen LogP contribution in [0, 0.1) is 11.8 Å². The van der Waals surface area contributed by atoms with Crippen molar-refractivity contribution in [1.82, 2.24) is 15.5 Å². The molecule has 1 saturated heterocycles. The Bertz CT molecular complexity index is 2000. The van der Waals surface area contributed by atoms with Crippen LogP contribution < -0.4 is 10.6 Å². The lowest BCUT2D eigenvalue weighted by Crippen LogP contribution is -2.44. The summed E-state index contributed by atoms with van der Waals surface area (Å²) in [6.07, 6.45) is 7.48. The number of carbonyl (C=O) groups is 7. The van der Waals surface area contributed by atoms with Crippen LogP contribution in [0.5, 0.6) is 0 Å². The van der Waals surface area contributed by atoms with Crippen LogP contribution in [0.3, 0.4) is 0 Å². The summed E-state index contributed by atoms with van der Waals surface area (Å²) in [6, 6.07) is 8.76. The van der Waals surface area contributed by atoms with E-state index >= 15 is 0 Å². The fraction of sp³-hybridized carbons (Fsp3) is 0.562. The number of Topliss-reactive ketones (excluding diaryl/α,β-unsaturated/α-hetero) is 2. The Morgan fingerprint density at radius 3 is 2.26 bits per heavy atom. The van der Waals surface area contributed by atoms with Gasteiger partial charge >= 0.3 is 12.2 Å². The molecule has 1 aromatic carbocycles. The van der Waals surface area contributed by atoms with Gasteiger partial charge < -0.3 is 25.0 Å². The third kappa shape index (κ3) is 15.4. The summed E-state index contributed by atoms with van der Waals surface area (Å²) in [6.45, 7) is 14.9. The summed E-state index contributed by atoms with van der Waals surface area (Å²) in [4.78, 5) is 102. The van der Waals surface area contributed by atoms with Gasteiger partial charge in [-0.1, -0.05) is 50.3 Å². The molecule has 0 unspecified atom stereocenters. The number of alkyl carbamates (subject to hydrolysis) is 1. The number of hydrogen-bond donors (Lipinski definition) is 2. The SMILES string of the molecule is CC1=C(C)C(=O)C(CCCOC(=O)NCCCC/C(=N\C(=O)[C@@H]2CCCN2C(=O)[C@H](/C=C/C(CC(C)C)=N\C(=O)OC(C)(C)C)Cc2ccccc2)C(=O)NC2CC2)=C(C)C1=O. The van der Waals surface area contributed by atoms with Gasteiger partial charge in [-0.2, -0.15) is 4.99 Å². The lowest BCUT2D eigenvalue weighted by atomic mass is 9.84. The van der Waals surface area contributed by atoms with Crippen LogP contribution in [0.2, 0.25) is 0 Å². The van der Waals surface area contributed by atoms with Gasteiger partial charge in [0.1, 0.15) is 17.4 Å². The molecule has 1 heterocycles. The molecule has 2 atom stereocenters. The molecular formula is C48H65N5O9. The van der Waals surface area contributed by atoms with E-state index < -0.39 is 41.6 Å². The molecule has 0 spiro atoms. The molecule has 0 radical (unpaired) electrons. The third-order valence-electron chi connectivity index (χ3n) is 10.8. The van der Waals surface area contributed by atoms with Gasteiger partial charge in [-0.15, -0.1) is 0 Å². The van der Waals surface area contributed by atoms with Crippen molar-refractivity contribution in [2.75, 3.05) is 19.7 Å². The molecule has 1 saturated carbocycles. The Hall–Kier alpha value is -5.53. The number of carbonyl (C=O) groups excluding carboxylic acids is 7. The number of ketones is 2.